The summed E-state index contributed by atoms with van der Waals surface area (Å²) in [4.78, 5) is 14.9. The first-order valence-electron chi connectivity index (χ1n) is 6.93. The van der Waals surface area contributed by atoms with Crippen molar-refractivity contribution >= 4 is 40.6 Å². The van der Waals surface area contributed by atoms with Crippen molar-refractivity contribution in [3.8, 4) is 0 Å². The van der Waals surface area contributed by atoms with Gasteiger partial charge in [-0.1, -0.05) is 25.2 Å². The van der Waals surface area contributed by atoms with Crippen LogP contribution in [0.3, 0.4) is 0 Å². The minimum atomic E-state index is -0.194. The summed E-state index contributed by atoms with van der Waals surface area (Å²) in [5, 5.41) is 0. The number of hydrogen-bond acceptors (Lipinski definition) is 5. The molecule has 0 bridgehead atoms. The monoisotopic (exact) mass is 326 g/mol. The lowest BCUT2D eigenvalue weighted by Crippen LogP contribution is -2.25. The Bertz CT molecular complexity index is 506. The third-order valence-electron chi connectivity index (χ3n) is 2.92. The molecule has 0 aliphatic rings. The van der Waals surface area contributed by atoms with Crippen LogP contribution in [0.4, 0.5) is 5.69 Å². The molecule has 1 aromatic carbocycles. The van der Waals surface area contributed by atoms with Crippen LogP contribution < -0.4 is 10.6 Å². The highest BCUT2D eigenvalue weighted by Crippen LogP contribution is 2.30. The van der Waals surface area contributed by atoms with Crippen molar-refractivity contribution in [3.05, 3.63) is 23.8 Å². The Morgan fingerprint density at radius 2 is 2.14 bits per heavy atom. The summed E-state index contributed by atoms with van der Waals surface area (Å²) in [6.45, 7) is 4.86. The number of anilines is 1. The molecule has 1 rings (SSSR count). The third-order valence-corrected chi connectivity index (χ3v) is 4.06. The van der Waals surface area contributed by atoms with Crippen LogP contribution in [0.25, 0.3) is 0 Å². The second kappa shape index (κ2) is 8.89. The van der Waals surface area contributed by atoms with Crippen molar-refractivity contribution in [2.75, 3.05) is 30.9 Å². The highest BCUT2D eigenvalue weighted by molar-refractivity contribution is 7.99. The van der Waals surface area contributed by atoms with Gasteiger partial charge in [0.25, 0.3) is 0 Å². The standard InChI is InChI=1S/C15H22N2O2S2/c1-4-19-13(18)9-10-17(3)11-7-6-8-12(21-5-2)14(11)15(16)20/h6-8H,4-5,9-10H2,1-3H3,(H2,16,20). The van der Waals surface area contributed by atoms with E-state index in [1.807, 2.05) is 30.1 Å². The molecule has 0 aliphatic heterocycles. The van der Waals surface area contributed by atoms with Gasteiger partial charge in [-0.05, 0) is 24.8 Å². The summed E-state index contributed by atoms with van der Waals surface area (Å²) in [5.41, 5.74) is 7.72. The van der Waals surface area contributed by atoms with Crippen LogP contribution in [0.5, 0.6) is 0 Å². The molecule has 21 heavy (non-hydrogen) atoms. The molecule has 0 unspecified atom stereocenters. The summed E-state index contributed by atoms with van der Waals surface area (Å²) in [5.74, 6) is 0.756. The maximum Gasteiger partial charge on any atom is 0.307 e. The van der Waals surface area contributed by atoms with Gasteiger partial charge < -0.3 is 15.4 Å². The van der Waals surface area contributed by atoms with E-state index < -0.39 is 0 Å². The number of carbonyl (C=O) groups is 1. The minimum absolute atomic E-state index is 0.194. The number of nitrogens with two attached hydrogens (primary N) is 1. The summed E-state index contributed by atoms with van der Waals surface area (Å²) < 4.78 is 4.95. The summed E-state index contributed by atoms with van der Waals surface area (Å²) >= 11 is 6.90. The smallest absolute Gasteiger partial charge is 0.307 e. The molecule has 6 heteroatoms. The Labute approximate surface area is 136 Å². The first kappa shape index (κ1) is 17.8. The lowest BCUT2D eigenvalue weighted by Gasteiger charge is -2.23. The molecular weight excluding hydrogens is 304 g/mol. The first-order chi connectivity index (χ1) is 10.0. The predicted octanol–water partition coefficient (Wildman–Crippen LogP) is 2.82. The number of benzene rings is 1. The Morgan fingerprint density at radius 3 is 2.71 bits per heavy atom. The zero-order chi connectivity index (χ0) is 15.8. The van der Waals surface area contributed by atoms with Crippen molar-refractivity contribution in [2.45, 2.75) is 25.2 Å². The van der Waals surface area contributed by atoms with Crippen molar-refractivity contribution < 1.29 is 9.53 Å². The maximum absolute atomic E-state index is 11.5. The fraction of sp³-hybridized carbons (Fsp3) is 0.467. The number of thioether (sulfide) groups is 1. The average molecular weight is 326 g/mol. The van der Waals surface area contributed by atoms with Gasteiger partial charge in [0.1, 0.15) is 4.99 Å². The van der Waals surface area contributed by atoms with Crippen LogP contribution in [0.2, 0.25) is 0 Å². The first-order valence-corrected chi connectivity index (χ1v) is 8.33. The maximum atomic E-state index is 11.5. The molecule has 0 radical (unpaired) electrons. The van der Waals surface area contributed by atoms with Crippen LogP contribution in [-0.4, -0.2) is 36.9 Å². The van der Waals surface area contributed by atoms with Crippen LogP contribution in [-0.2, 0) is 9.53 Å². The molecule has 2 N–H and O–H groups in total. The molecule has 1 aromatic rings. The lowest BCUT2D eigenvalue weighted by atomic mass is 10.1. The van der Waals surface area contributed by atoms with E-state index in [-0.39, 0.29) is 5.97 Å². The number of nitrogens with zero attached hydrogens (tertiary/aromatic N) is 1. The number of esters is 1. The van der Waals surface area contributed by atoms with Gasteiger partial charge in [-0.2, -0.15) is 0 Å². The van der Waals surface area contributed by atoms with Gasteiger partial charge in [-0.3, -0.25) is 4.79 Å². The lowest BCUT2D eigenvalue weighted by molar-refractivity contribution is -0.142. The molecular formula is C15H22N2O2S2. The predicted molar refractivity (Wildman–Crippen MR) is 93.2 cm³/mol. The van der Waals surface area contributed by atoms with Crippen molar-refractivity contribution in [1.82, 2.24) is 0 Å². The molecule has 0 fully saturated rings. The molecule has 0 atom stereocenters. The van der Waals surface area contributed by atoms with Crippen LogP contribution in [0, 0.1) is 0 Å². The van der Waals surface area contributed by atoms with E-state index in [0.717, 1.165) is 21.9 Å². The van der Waals surface area contributed by atoms with Gasteiger partial charge in [0.15, 0.2) is 0 Å². The van der Waals surface area contributed by atoms with E-state index in [1.54, 1.807) is 18.7 Å². The van der Waals surface area contributed by atoms with Gasteiger partial charge in [-0.15, -0.1) is 11.8 Å². The molecule has 0 aliphatic carbocycles. The fourth-order valence-corrected chi connectivity index (χ4v) is 3.10. The quantitative estimate of drug-likeness (QED) is 0.450. The molecule has 116 valence electrons. The SMILES string of the molecule is CCOC(=O)CCN(C)c1cccc(SCC)c1C(N)=S. The Morgan fingerprint density at radius 1 is 1.43 bits per heavy atom. The van der Waals surface area contributed by atoms with Crippen molar-refractivity contribution in [3.63, 3.8) is 0 Å². The van der Waals surface area contributed by atoms with E-state index >= 15 is 0 Å². The number of rotatable bonds is 8. The molecule has 4 nitrogen and oxygen atoms in total. The fourth-order valence-electron chi connectivity index (χ4n) is 1.97. The Kier molecular flexibility index (Phi) is 7.53. The highest BCUT2D eigenvalue weighted by Gasteiger charge is 2.15. The van der Waals surface area contributed by atoms with Crippen molar-refractivity contribution in [2.24, 2.45) is 5.73 Å². The average Bonchev–Trinajstić information content (AvgIpc) is 2.45. The van der Waals surface area contributed by atoms with E-state index in [2.05, 4.69) is 6.92 Å². The van der Waals surface area contributed by atoms with E-state index in [4.69, 9.17) is 22.7 Å². The molecule has 0 heterocycles. The Balaban J connectivity index is 2.92. The topological polar surface area (TPSA) is 55.6 Å². The van der Waals surface area contributed by atoms with Crippen LogP contribution in [0.15, 0.2) is 23.1 Å². The largest absolute Gasteiger partial charge is 0.466 e. The van der Waals surface area contributed by atoms with Gasteiger partial charge >= 0.3 is 5.97 Å². The van der Waals surface area contributed by atoms with Crippen LogP contribution in [0.1, 0.15) is 25.8 Å². The van der Waals surface area contributed by atoms with Gasteiger partial charge in [0.05, 0.1) is 13.0 Å². The van der Waals surface area contributed by atoms with E-state index in [0.29, 0.717) is 24.6 Å². The van der Waals surface area contributed by atoms with Gasteiger partial charge in [0.2, 0.25) is 0 Å². The minimum Gasteiger partial charge on any atom is -0.466 e. The van der Waals surface area contributed by atoms with E-state index in [1.165, 1.54) is 0 Å². The van der Waals surface area contributed by atoms with E-state index in [9.17, 15) is 4.79 Å². The highest BCUT2D eigenvalue weighted by atomic mass is 32.2. The second-order valence-corrected chi connectivity index (χ2v) is 6.17. The Hall–Kier alpha value is -1.27. The zero-order valence-corrected chi connectivity index (χ0v) is 14.4. The molecule has 0 saturated heterocycles. The van der Waals surface area contributed by atoms with Crippen LogP contribution >= 0.6 is 24.0 Å². The summed E-state index contributed by atoms with van der Waals surface area (Å²) in [6.07, 6.45) is 0.340. The molecule has 0 spiro atoms. The summed E-state index contributed by atoms with van der Waals surface area (Å²) in [6, 6.07) is 5.97. The second-order valence-electron chi connectivity index (χ2n) is 4.42. The molecule has 0 saturated carbocycles. The van der Waals surface area contributed by atoms with Gasteiger partial charge in [-0.25, -0.2) is 0 Å². The molecule has 0 aromatic heterocycles. The van der Waals surface area contributed by atoms with Gasteiger partial charge in [0, 0.05) is 29.7 Å². The number of carbonyl (C=O) groups excluding carboxylic acids is 1. The third kappa shape index (κ3) is 5.21. The molecule has 0 amide bonds. The number of ether oxygens (including phenoxy) is 1. The number of thiocarbonyl (C=S) groups is 1. The van der Waals surface area contributed by atoms with Crippen molar-refractivity contribution in [1.29, 1.82) is 0 Å². The normalized spacial score (nSPS) is 10.2. The summed E-state index contributed by atoms with van der Waals surface area (Å²) in [7, 11) is 1.93. The number of hydrogen-bond donors (Lipinski definition) is 1. The zero-order valence-electron chi connectivity index (χ0n) is 12.7.